The van der Waals surface area contributed by atoms with Crippen LogP contribution in [0.15, 0.2) is 60.7 Å². The van der Waals surface area contributed by atoms with E-state index in [0.29, 0.717) is 12.5 Å². The number of carbonyl (C=O) groups is 1. The highest BCUT2D eigenvalue weighted by Gasteiger charge is 2.26. The Morgan fingerprint density at radius 1 is 1.00 bits per heavy atom. The molecule has 0 spiro atoms. The molecule has 0 radical (unpaired) electrons. The SMILES string of the molecule is CCOC1CCN(C(=O)CC(c2ccccc2)c2ccccc2)CC1. The summed E-state index contributed by atoms with van der Waals surface area (Å²) in [5, 5.41) is 0. The largest absolute Gasteiger partial charge is 0.378 e. The first-order chi connectivity index (χ1) is 12.3. The molecule has 0 aliphatic carbocycles. The van der Waals surface area contributed by atoms with Gasteiger partial charge in [-0.2, -0.15) is 0 Å². The maximum atomic E-state index is 12.9. The number of benzene rings is 2. The van der Waals surface area contributed by atoms with Crippen molar-refractivity contribution in [2.24, 2.45) is 0 Å². The lowest BCUT2D eigenvalue weighted by atomic mass is 9.88. The Labute approximate surface area is 150 Å². The summed E-state index contributed by atoms with van der Waals surface area (Å²) in [4.78, 5) is 14.9. The van der Waals surface area contributed by atoms with Crippen molar-refractivity contribution in [2.45, 2.75) is 38.2 Å². The first kappa shape index (κ1) is 17.7. The third-order valence-corrected chi connectivity index (χ3v) is 4.98. The quantitative estimate of drug-likeness (QED) is 0.789. The van der Waals surface area contributed by atoms with Gasteiger partial charge >= 0.3 is 0 Å². The van der Waals surface area contributed by atoms with Crippen LogP contribution in [0.3, 0.4) is 0 Å². The molecule has 0 atom stereocenters. The van der Waals surface area contributed by atoms with E-state index < -0.39 is 0 Å². The molecule has 3 nitrogen and oxygen atoms in total. The molecule has 0 aromatic heterocycles. The van der Waals surface area contributed by atoms with E-state index in [1.165, 1.54) is 11.1 Å². The van der Waals surface area contributed by atoms with Crippen LogP contribution in [-0.4, -0.2) is 36.6 Å². The fourth-order valence-corrected chi connectivity index (χ4v) is 3.61. The number of nitrogens with zero attached hydrogens (tertiary/aromatic N) is 1. The normalized spacial score (nSPS) is 15.5. The molecule has 25 heavy (non-hydrogen) atoms. The molecule has 0 saturated carbocycles. The van der Waals surface area contributed by atoms with E-state index >= 15 is 0 Å². The Balaban J connectivity index is 1.70. The summed E-state index contributed by atoms with van der Waals surface area (Å²) in [6.07, 6.45) is 2.72. The highest BCUT2D eigenvalue weighted by Crippen LogP contribution is 2.29. The standard InChI is InChI=1S/C22H27NO2/c1-2-25-20-13-15-23(16-14-20)22(24)17-21(18-9-5-3-6-10-18)19-11-7-4-8-12-19/h3-12,20-21H,2,13-17H2,1H3. The van der Waals surface area contributed by atoms with Gasteiger partial charge in [0.25, 0.3) is 0 Å². The molecule has 3 heteroatoms. The molecule has 1 amide bonds. The maximum absolute atomic E-state index is 12.9. The highest BCUT2D eigenvalue weighted by molar-refractivity contribution is 5.78. The van der Waals surface area contributed by atoms with Gasteiger partial charge in [0.1, 0.15) is 0 Å². The minimum Gasteiger partial charge on any atom is -0.378 e. The molecule has 3 rings (SSSR count). The molecular formula is C22H27NO2. The predicted molar refractivity (Wildman–Crippen MR) is 101 cm³/mol. The molecule has 1 fully saturated rings. The van der Waals surface area contributed by atoms with Gasteiger partial charge in [0.2, 0.25) is 5.91 Å². The van der Waals surface area contributed by atoms with Crippen LogP contribution < -0.4 is 0 Å². The Morgan fingerprint density at radius 2 is 1.52 bits per heavy atom. The third-order valence-electron chi connectivity index (χ3n) is 4.98. The molecule has 2 aromatic rings. The van der Waals surface area contributed by atoms with E-state index in [-0.39, 0.29) is 11.8 Å². The van der Waals surface area contributed by atoms with Crippen LogP contribution >= 0.6 is 0 Å². The summed E-state index contributed by atoms with van der Waals surface area (Å²) in [6, 6.07) is 20.7. The first-order valence-electron chi connectivity index (χ1n) is 9.27. The Kier molecular flexibility index (Phi) is 6.24. The summed E-state index contributed by atoms with van der Waals surface area (Å²) in [6.45, 7) is 4.39. The van der Waals surface area contributed by atoms with Gasteiger partial charge in [-0.25, -0.2) is 0 Å². The number of rotatable bonds is 6. The summed E-state index contributed by atoms with van der Waals surface area (Å²) in [5.74, 6) is 0.354. The van der Waals surface area contributed by atoms with Gasteiger partial charge in [0.15, 0.2) is 0 Å². The molecule has 132 valence electrons. The molecule has 0 N–H and O–H groups in total. The molecule has 1 heterocycles. The number of hydrogen-bond donors (Lipinski definition) is 0. The molecular weight excluding hydrogens is 310 g/mol. The van der Waals surface area contributed by atoms with Crippen molar-refractivity contribution in [3.8, 4) is 0 Å². The van der Waals surface area contributed by atoms with Crippen molar-refractivity contribution >= 4 is 5.91 Å². The van der Waals surface area contributed by atoms with Crippen molar-refractivity contribution in [3.05, 3.63) is 71.8 Å². The molecule has 1 aliphatic rings. The summed E-state index contributed by atoms with van der Waals surface area (Å²) in [5.41, 5.74) is 2.40. The second-order valence-corrected chi connectivity index (χ2v) is 6.61. The van der Waals surface area contributed by atoms with Crippen molar-refractivity contribution < 1.29 is 9.53 Å². The second-order valence-electron chi connectivity index (χ2n) is 6.61. The zero-order chi connectivity index (χ0) is 17.5. The number of ether oxygens (including phenoxy) is 1. The summed E-state index contributed by atoms with van der Waals surface area (Å²) in [7, 11) is 0. The number of piperidine rings is 1. The van der Waals surface area contributed by atoms with Gasteiger partial charge < -0.3 is 9.64 Å². The smallest absolute Gasteiger partial charge is 0.223 e. The third kappa shape index (κ3) is 4.70. The van der Waals surface area contributed by atoms with Crippen LogP contribution in [0.1, 0.15) is 43.2 Å². The van der Waals surface area contributed by atoms with Gasteiger partial charge in [0.05, 0.1) is 6.10 Å². The van der Waals surface area contributed by atoms with Gasteiger partial charge in [-0.05, 0) is 30.9 Å². The van der Waals surface area contributed by atoms with E-state index in [2.05, 4.69) is 24.3 Å². The maximum Gasteiger partial charge on any atom is 0.223 e. The van der Waals surface area contributed by atoms with E-state index in [4.69, 9.17) is 4.74 Å². The van der Waals surface area contributed by atoms with E-state index in [9.17, 15) is 4.79 Å². The average Bonchev–Trinajstić information content (AvgIpc) is 2.68. The van der Waals surface area contributed by atoms with Crippen molar-refractivity contribution in [1.82, 2.24) is 4.90 Å². The van der Waals surface area contributed by atoms with E-state index in [1.54, 1.807) is 0 Å². The van der Waals surface area contributed by atoms with Crippen molar-refractivity contribution in [1.29, 1.82) is 0 Å². The van der Waals surface area contributed by atoms with Gasteiger partial charge in [0, 0.05) is 32.0 Å². The minimum atomic E-state index is 0.111. The van der Waals surface area contributed by atoms with Gasteiger partial charge in [-0.3, -0.25) is 4.79 Å². The molecule has 2 aromatic carbocycles. The van der Waals surface area contributed by atoms with Gasteiger partial charge in [-0.1, -0.05) is 60.7 Å². The topological polar surface area (TPSA) is 29.5 Å². The second kappa shape index (κ2) is 8.82. The van der Waals surface area contributed by atoms with Crippen LogP contribution in [0.4, 0.5) is 0 Å². The lowest BCUT2D eigenvalue weighted by Crippen LogP contribution is -2.41. The molecule has 0 bridgehead atoms. The van der Waals surface area contributed by atoms with Crippen LogP contribution in [0.5, 0.6) is 0 Å². The van der Waals surface area contributed by atoms with Crippen LogP contribution in [-0.2, 0) is 9.53 Å². The Hall–Kier alpha value is -2.13. The lowest BCUT2D eigenvalue weighted by molar-refractivity contribution is -0.134. The van der Waals surface area contributed by atoms with Crippen LogP contribution in [0, 0.1) is 0 Å². The van der Waals surface area contributed by atoms with Crippen molar-refractivity contribution in [2.75, 3.05) is 19.7 Å². The Morgan fingerprint density at radius 3 is 2.00 bits per heavy atom. The summed E-state index contributed by atoms with van der Waals surface area (Å²) < 4.78 is 5.69. The zero-order valence-corrected chi connectivity index (χ0v) is 14.9. The fraction of sp³-hybridized carbons (Fsp3) is 0.409. The average molecular weight is 337 g/mol. The van der Waals surface area contributed by atoms with Crippen LogP contribution in [0.25, 0.3) is 0 Å². The van der Waals surface area contributed by atoms with E-state index in [0.717, 1.165) is 32.5 Å². The summed E-state index contributed by atoms with van der Waals surface area (Å²) >= 11 is 0. The molecule has 0 unspecified atom stereocenters. The van der Waals surface area contributed by atoms with E-state index in [1.807, 2.05) is 48.2 Å². The highest BCUT2D eigenvalue weighted by atomic mass is 16.5. The molecule has 1 saturated heterocycles. The number of likely N-dealkylation sites (tertiary alicyclic amines) is 1. The number of amides is 1. The monoisotopic (exact) mass is 337 g/mol. The van der Waals surface area contributed by atoms with Gasteiger partial charge in [-0.15, -0.1) is 0 Å². The lowest BCUT2D eigenvalue weighted by Gasteiger charge is -2.33. The van der Waals surface area contributed by atoms with Crippen LogP contribution in [0.2, 0.25) is 0 Å². The number of carbonyl (C=O) groups excluding carboxylic acids is 1. The Bertz CT molecular complexity index is 609. The first-order valence-corrected chi connectivity index (χ1v) is 9.27. The zero-order valence-electron chi connectivity index (χ0n) is 14.9. The minimum absolute atomic E-state index is 0.111. The number of hydrogen-bond acceptors (Lipinski definition) is 2. The van der Waals surface area contributed by atoms with Crippen molar-refractivity contribution in [3.63, 3.8) is 0 Å². The molecule has 1 aliphatic heterocycles. The predicted octanol–water partition coefficient (Wildman–Crippen LogP) is 4.24. The fourth-order valence-electron chi connectivity index (χ4n) is 3.61.